The summed E-state index contributed by atoms with van der Waals surface area (Å²) in [5.41, 5.74) is 0.214. The fraction of sp³-hybridized carbons (Fsp3) is 0.727. The largest absolute Gasteiger partial charge is 0.440 e. The van der Waals surface area contributed by atoms with Gasteiger partial charge in [0.15, 0.2) is 0 Å². The lowest BCUT2D eigenvalue weighted by molar-refractivity contribution is 0.378. The van der Waals surface area contributed by atoms with Crippen molar-refractivity contribution in [3.63, 3.8) is 0 Å². The molecular formula is C11H20N2OS. The first-order valence-corrected chi connectivity index (χ1v) is 6.22. The number of aromatic nitrogens is 1. The molecule has 0 fully saturated rings. The van der Waals surface area contributed by atoms with Crippen LogP contribution < -0.4 is 5.32 Å². The molecule has 1 heterocycles. The molecule has 0 bridgehead atoms. The molecule has 86 valence electrons. The predicted octanol–water partition coefficient (Wildman–Crippen LogP) is 2.93. The average Bonchev–Trinajstić information content (AvgIpc) is 2.68. The second-order valence-corrected chi connectivity index (χ2v) is 5.73. The third-order valence-corrected chi connectivity index (χ3v) is 3.44. The maximum atomic E-state index is 5.19. The van der Waals surface area contributed by atoms with Crippen molar-refractivity contribution in [2.75, 3.05) is 6.54 Å². The molecule has 1 unspecified atom stereocenters. The molecule has 1 N–H and O–H groups in total. The van der Waals surface area contributed by atoms with E-state index in [1.54, 1.807) is 24.2 Å². The monoisotopic (exact) mass is 228 g/mol. The van der Waals surface area contributed by atoms with Crippen molar-refractivity contribution in [2.45, 2.75) is 50.1 Å². The second kappa shape index (κ2) is 5.56. The number of nitrogens with zero attached hydrogens (tertiary/aromatic N) is 1. The molecule has 4 heteroatoms. The summed E-state index contributed by atoms with van der Waals surface area (Å²) < 4.78 is 5.19. The Morgan fingerprint density at radius 3 is 2.87 bits per heavy atom. The van der Waals surface area contributed by atoms with E-state index in [1.807, 2.05) is 0 Å². The van der Waals surface area contributed by atoms with Gasteiger partial charge in [-0.1, -0.05) is 25.6 Å². The highest BCUT2D eigenvalue weighted by molar-refractivity contribution is 7.99. The van der Waals surface area contributed by atoms with Crippen molar-refractivity contribution in [2.24, 2.45) is 0 Å². The number of hydrogen-bond acceptors (Lipinski definition) is 4. The van der Waals surface area contributed by atoms with Crippen LogP contribution in [0.2, 0.25) is 0 Å². The lowest BCUT2D eigenvalue weighted by Crippen LogP contribution is -2.41. The molecule has 1 rings (SSSR count). The van der Waals surface area contributed by atoms with E-state index in [-0.39, 0.29) is 5.54 Å². The van der Waals surface area contributed by atoms with Crippen molar-refractivity contribution in [3.8, 4) is 0 Å². The zero-order chi connectivity index (χ0) is 11.3. The van der Waals surface area contributed by atoms with Crippen molar-refractivity contribution in [1.82, 2.24) is 10.3 Å². The van der Waals surface area contributed by atoms with Gasteiger partial charge in [0.25, 0.3) is 5.22 Å². The first kappa shape index (κ1) is 12.6. The normalized spacial score (nSPS) is 14.1. The van der Waals surface area contributed by atoms with E-state index in [9.17, 15) is 0 Å². The number of thioether (sulfide) groups is 1. The molecular weight excluding hydrogens is 208 g/mol. The molecule has 1 aromatic rings. The van der Waals surface area contributed by atoms with Crippen molar-refractivity contribution in [1.29, 1.82) is 0 Å². The van der Waals surface area contributed by atoms with E-state index in [0.717, 1.165) is 18.2 Å². The molecule has 0 amide bonds. The molecule has 0 radical (unpaired) electrons. The Morgan fingerprint density at radius 2 is 2.33 bits per heavy atom. The summed E-state index contributed by atoms with van der Waals surface area (Å²) in [7, 11) is 0. The standard InChI is InChI=1S/C11H20N2OS/c1-5-11(3,4)13-8-9(2)15-10-12-6-7-14-10/h6-7,9,13H,5,8H2,1-4H3. The van der Waals surface area contributed by atoms with Gasteiger partial charge in [-0.15, -0.1) is 0 Å². The molecule has 1 atom stereocenters. The molecule has 0 aliphatic heterocycles. The highest BCUT2D eigenvalue weighted by Crippen LogP contribution is 2.21. The van der Waals surface area contributed by atoms with Crippen molar-refractivity contribution in [3.05, 3.63) is 12.5 Å². The SMILES string of the molecule is CCC(C)(C)NCC(C)Sc1ncco1. The van der Waals surface area contributed by atoms with Gasteiger partial charge < -0.3 is 9.73 Å². The van der Waals surface area contributed by atoms with E-state index in [4.69, 9.17) is 4.42 Å². The first-order valence-electron chi connectivity index (χ1n) is 5.34. The number of nitrogens with one attached hydrogen (secondary N) is 1. The summed E-state index contributed by atoms with van der Waals surface area (Å²) in [6.45, 7) is 9.77. The minimum absolute atomic E-state index is 0.214. The Kier molecular flexibility index (Phi) is 4.67. The highest BCUT2D eigenvalue weighted by Gasteiger charge is 2.16. The van der Waals surface area contributed by atoms with Crippen LogP contribution >= 0.6 is 11.8 Å². The summed E-state index contributed by atoms with van der Waals surface area (Å²) in [6.07, 6.45) is 4.42. The molecule has 1 aromatic heterocycles. The molecule has 0 aliphatic rings. The highest BCUT2D eigenvalue weighted by atomic mass is 32.2. The molecule has 3 nitrogen and oxygen atoms in total. The predicted molar refractivity (Wildman–Crippen MR) is 64.2 cm³/mol. The zero-order valence-corrected chi connectivity index (χ0v) is 10.7. The van der Waals surface area contributed by atoms with Gasteiger partial charge in [-0.2, -0.15) is 0 Å². The number of oxazole rings is 1. The van der Waals surface area contributed by atoms with Gasteiger partial charge >= 0.3 is 0 Å². The van der Waals surface area contributed by atoms with E-state index in [2.05, 4.69) is 38.0 Å². The van der Waals surface area contributed by atoms with Gasteiger partial charge in [0, 0.05) is 17.3 Å². The first-order chi connectivity index (χ1) is 7.03. The van der Waals surface area contributed by atoms with Gasteiger partial charge in [0.05, 0.1) is 6.20 Å². The number of rotatable bonds is 6. The zero-order valence-electron chi connectivity index (χ0n) is 9.91. The molecule has 15 heavy (non-hydrogen) atoms. The minimum atomic E-state index is 0.214. The van der Waals surface area contributed by atoms with E-state index < -0.39 is 0 Å². The molecule has 0 aliphatic carbocycles. The van der Waals surface area contributed by atoms with Crippen LogP contribution in [-0.2, 0) is 0 Å². The van der Waals surface area contributed by atoms with Crippen LogP contribution in [0.3, 0.4) is 0 Å². The summed E-state index contributed by atoms with van der Waals surface area (Å²) in [4.78, 5) is 4.09. The summed E-state index contributed by atoms with van der Waals surface area (Å²) >= 11 is 1.66. The second-order valence-electron chi connectivity index (χ2n) is 4.34. The maximum Gasteiger partial charge on any atom is 0.255 e. The fourth-order valence-electron chi connectivity index (χ4n) is 1.03. The van der Waals surface area contributed by atoms with Gasteiger partial charge in [0.1, 0.15) is 6.26 Å². The summed E-state index contributed by atoms with van der Waals surface area (Å²) in [6, 6.07) is 0. The molecule has 0 saturated heterocycles. The van der Waals surface area contributed by atoms with E-state index >= 15 is 0 Å². The molecule has 0 saturated carbocycles. The Labute approximate surface area is 96.0 Å². The van der Waals surface area contributed by atoms with E-state index in [0.29, 0.717) is 5.25 Å². The Morgan fingerprint density at radius 1 is 1.60 bits per heavy atom. The fourth-order valence-corrected chi connectivity index (χ4v) is 1.77. The minimum Gasteiger partial charge on any atom is -0.440 e. The average molecular weight is 228 g/mol. The van der Waals surface area contributed by atoms with Gasteiger partial charge in [-0.3, -0.25) is 0 Å². The molecule has 0 aromatic carbocycles. The van der Waals surface area contributed by atoms with Crippen molar-refractivity contribution >= 4 is 11.8 Å². The van der Waals surface area contributed by atoms with E-state index in [1.165, 1.54) is 0 Å². The van der Waals surface area contributed by atoms with Crippen LogP contribution in [0.5, 0.6) is 0 Å². The Hall–Kier alpha value is -0.480. The maximum absolute atomic E-state index is 5.19. The van der Waals surface area contributed by atoms with Gasteiger partial charge in [0.2, 0.25) is 0 Å². The van der Waals surface area contributed by atoms with Gasteiger partial charge in [-0.25, -0.2) is 4.98 Å². The topological polar surface area (TPSA) is 38.1 Å². The Balaban J connectivity index is 2.28. The van der Waals surface area contributed by atoms with Crippen LogP contribution in [0.15, 0.2) is 22.1 Å². The van der Waals surface area contributed by atoms with Gasteiger partial charge in [-0.05, 0) is 20.3 Å². The summed E-state index contributed by atoms with van der Waals surface area (Å²) in [5, 5.41) is 4.75. The lowest BCUT2D eigenvalue weighted by atomic mass is 10.0. The van der Waals surface area contributed by atoms with Crippen LogP contribution in [-0.4, -0.2) is 22.3 Å². The van der Waals surface area contributed by atoms with Crippen LogP contribution in [0.1, 0.15) is 34.1 Å². The lowest BCUT2D eigenvalue weighted by Gasteiger charge is -2.26. The number of hydrogen-bond donors (Lipinski definition) is 1. The third kappa shape index (κ3) is 4.71. The smallest absolute Gasteiger partial charge is 0.255 e. The molecule has 0 spiro atoms. The van der Waals surface area contributed by atoms with Crippen molar-refractivity contribution < 1.29 is 4.42 Å². The third-order valence-electron chi connectivity index (χ3n) is 2.46. The quantitative estimate of drug-likeness (QED) is 0.760. The Bertz CT molecular complexity index is 272. The summed E-state index contributed by atoms with van der Waals surface area (Å²) in [5.74, 6) is 0. The van der Waals surface area contributed by atoms with Crippen LogP contribution in [0, 0.1) is 0 Å². The van der Waals surface area contributed by atoms with Crippen LogP contribution in [0.25, 0.3) is 0 Å². The van der Waals surface area contributed by atoms with Crippen LogP contribution in [0.4, 0.5) is 0 Å².